The Hall–Kier alpha value is -2.48. The third-order valence-corrected chi connectivity index (χ3v) is 6.74. The predicted molar refractivity (Wildman–Crippen MR) is 114 cm³/mol. The van der Waals surface area contributed by atoms with Crippen LogP contribution < -0.4 is 10.5 Å². The lowest BCUT2D eigenvalue weighted by molar-refractivity contribution is -0.135. The molecule has 5 rings (SSSR count). The highest BCUT2D eigenvalue weighted by atomic mass is 32.1. The first-order valence-electron chi connectivity index (χ1n) is 10.1. The van der Waals surface area contributed by atoms with Gasteiger partial charge in [0.15, 0.2) is 0 Å². The number of carbonyl (C=O) groups is 1. The molecule has 2 aliphatic heterocycles. The average Bonchev–Trinajstić information content (AvgIpc) is 3.26. The first-order valence-corrected chi connectivity index (χ1v) is 10.9. The second-order valence-corrected chi connectivity index (χ2v) is 8.77. The molecule has 2 N–H and O–H groups in total. The van der Waals surface area contributed by atoms with E-state index in [-0.39, 0.29) is 12.5 Å². The largest absolute Gasteiger partial charge is 0.431 e. The van der Waals surface area contributed by atoms with Crippen LogP contribution in [-0.4, -0.2) is 52.4 Å². The maximum absolute atomic E-state index is 12.1. The average molecular weight is 409 g/mol. The Morgan fingerprint density at radius 1 is 1.10 bits per heavy atom. The van der Waals surface area contributed by atoms with Crippen LogP contribution in [0.5, 0.6) is 10.9 Å². The Kier molecular flexibility index (Phi) is 4.95. The molecular formula is C22H24N4O2S. The molecule has 2 bridgehead atoms. The highest BCUT2D eigenvalue weighted by molar-refractivity contribution is 7.20. The van der Waals surface area contributed by atoms with Crippen molar-refractivity contribution in [3.05, 3.63) is 54.1 Å². The summed E-state index contributed by atoms with van der Waals surface area (Å²) in [6.45, 7) is 2.85. The molecule has 3 heterocycles. The summed E-state index contributed by atoms with van der Waals surface area (Å²) >= 11 is 1.55. The lowest BCUT2D eigenvalue weighted by Crippen LogP contribution is -2.56. The van der Waals surface area contributed by atoms with Crippen LogP contribution in [0.3, 0.4) is 0 Å². The second kappa shape index (κ2) is 7.74. The molecule has 2 atom stereocenters. The zero-order valence-corrected chi connectivity index (χ0v) is 17.0. The zero-order valence-electron chi connectivity index (χ0n) is 16.2. The van der Waals surface area contributed by atoms with Crippen LogP contribution in [-0.2, 0) is 11.3 Å². The first kappa shape index (κ1) is 18.5. The van der Waals surface area contributed by atoms with Gasteiger partial charge in [-0.25, -0.2) is 4.98 Å². The molecule has 0 unspecified atom stereocenters. The summed E-state index contributed by atoms with van der Waals surface area (Å²) in [5.74, 6) is 0.889. The van der Waals surface area contributed by atoms with Crippen molar-refractivity contribution >= 4 is 27.5 Å². The molecule has 6 nitrogen and oxygen atoms in total. The van der Waals surface area contributed by atoms with Crippen LogP contribution in [0.15, 0.2) is 48.5 Å². The summed E-state index contributed by atoms with van der Waals surface area (Å²) in [7, 11) is 0. The number of thiazole rings is 1. The Bertz CT molecular complexity index is 972. The van der Waals surface area contributed by atoms with Crippen LogP contribution >= 0.6 is 11.3 Å². The summed E-state index contributed by atoms with van der Waals surface area (Å²) in [5.41, 5.74) is 7.80. The fourth-order valence-corrected chi connectivity index (χ4v) is 5.38. The van der Waals surface area contributed by atoms with E-state index in [0.717, 1.165) is 48.4 Å². The smallest absolute Gasteiger partial charge is 0.279 e. The van der Waals surface area contributed by atoms with E-state index in [1.54, 1.807) is 11.3 Å². The third-order valence-electron chi connectivity index (χ3n) is 5.83. The molecule has 0 saturated carbocycles. The van der Waals surface area contributed by atoms with Crippen LogP contribution in [0.4, 0.5) is 0 Å². The number of para-hydroxylation sites is 1. The van der Waals surface area contributed by atoms with E-state index in [2.05, 4.69) is 28.1 Å². The van der Waals surface area contributed by atoms with Crippen molar-refractivity contribution in [2.75, 3.05) is 19.6 Å². The number of likely N-dealkylation sites (tertiary alicyclic amines) is 1. The van der Waals surface area contributed by atoms with Crippen molar-refractivity contribution < 1.29 is 9.53 Å². The van der Waals surface area contributed by atoms with Gasteiger partial charge in [-0.05, 0) is 42.7 Å². The van der Waals surface area contributed by atoms with E-state index in [1.165, 1.54) is 5.56 Å². The van der Waals surface area contributed by atoms with Crippen molar-refractivity contribution in [3.63, 3.8) is 0 Å². The van der Waals surface area contributed by atoms with E-state index >= 15 is 0 Å². The Morgan fingerprint density at radius 2 is 1.83 bits per heavy atom. The van der Waals surface area contributed by atoms with E-state index in [4.69, 9.17) is 10.5 Å². The maximum atomic E-state index is 12.1. The summed E-state index contributed by atoms with van der Waals surface area (Å²) < 4.78 is 7.07. The minimum absolute atomic E-state index is 0.0912. The number of benzene rings is 2. The number of fused-ring (bicyclic) bond motifs is 3. The molecule has 29 heavy (non-hydrogen) atoms. The SMILES string of the molecule is NCC(=O)N1[C@@H]2CC[C@H]1CN(Cc1ccc(Oc3nc4ccccc4s3)cc1)C2. The van der Waals surface area contributed by atoms with Gasteiger partial charge in [-0.1, -0.05) is 35.6 Å². The van der Waals surface area contributed by atoms with Crippen LogP contribution in [0.25, 0.3) is 10.2 Å². The fraction of sp³-hybridized carbons (Fsp3) is 0.364. The fourth-order valence-electron chi connectivity index (χ4n) is 4.55. The molecule has 2 aromatic carbocycles. The van der Waals surface area contributed by atoms with E-state index in [9.17, 15) is 4.79 Å². The van der Waals surface area contributed by atoms with Gasteiger partial charge >= 0.3 is 0 Å². The highest BCUT2D eigenvalue weighted by Gasteiger charge is 2.41. The molecule has 0 radical (unpaired) electrons. The molecule has 150 valence electrons. The van der Waals surface area contributed by atoms with Gasteiger partial charge in [-0.2, -0.15) is 0 Å². The minimum Gasteiger partial charge on any atom is -0.431 e. The lowest BCUT2D eigenvalue weighted by Gasteiger charge is -2.41. The summed E-state index contributed by atoms with van der Waals surface area (Å²) in [6, 6.07) is 16.9. The summed E-state index contributed by atoms with van der Waals surface area (Å²) in [5, 5.41) is 0.663. The molecule has 2 fully saturated rings. The van der Waals surface area contributed by atoms with Gasteiger partial charge in [0, 0.05) is 31.7 Å². The molecule has 0 aliphatic carbocycles. The second-order valence-electron chi connectivity index (χ2n) is 7.78. The standard InChI is InChI=1S/C22H24N4O2S/c23-11-21(27)26-16-7-8-17(26)14-25(13-16)12-15-5-9-18(10-6-15)28-22-24-19-3-1-2-4-20(19)29-22/h1-6,9-10,16-17H,7-8,11-14,23H2/t16-,17+. The predicted octanol–water partition coefficient (Wildman–Crippen LogP) is 3.22. The van der Waals surface area contributed by atoms with E-state index in [1.807, 2.05) is 35.2 Å². The van der Waals surface area contributed by atoms with Crippen LogP contribution in [0.2, 0.25) is 0 Å². The number of amides is 1. The van der Waals surface area contributed by atoms with Crippen LogP contribution in [0, 0.1) is 0 Å². The Labute approximate surface area is 173 Å². The Morgan fingerprint density at radius 3 is 2.52 bits per heavy atom. The number of aromatic nitrogens is 1. The topological polar surface area (TPSA) is 71.7 Å². The first-order chi connectivity index (χ1) is 14.2. The highest BCUT2D eigenvalue weighted by Crippen LogP contribution is 2.32. The van der Waals surface area contributed by atoms with Gasteiger partial charge in [0.1, 0.15) is 5.75 Å². The van der Waals surface area contributed by atoms with Crippen molar-refractivity contribution in [2.45, 2.75) is 31.5 Å². The quantitative estimate of drug-likeness (QED) is 0.702. The molecule has 0 spiro atoms. The molecule has 7 heteroatoms. The number of nitrogens with zero attached hydrogens (tertiary/aromatic N) is 3. The van der Waals surface area contributed by atoms with E-state index in [0.29, 0.717) is 17.3 Å². The normalized spacial score (nSPS) is 21.6. The third kappa shape index (κ3) is 3.73. The van der Waals surface area contributed by atoms with Gasteiger partial charge in [-0.15, -0.1) is 0 Å². The van der Waals surface area contributed by atoms with Crippen LogP contribution in [0.1, 0.15) is 18.4 Å². The Balaban J connectivity index is 1.22. The number of hydrogen-bond donors (Lipinski definition) is 1. The molecule has 1 amide bonds. The number of hydrogen-bond acceptors (Lipinski definition) is 6. The van der Waals surface area contributed by atoms with Gasteiger partial charge in [0.05, 0.1) is 16.8 Å². The number of nitrogens with two attached hydrogens (primary N) is 1. The van der Waals surface area contributed by atoms with Crippen molar-refractivity contribution in [1.82, 2.24) is 14.8 Å². The summed E-state index contributed by atoms with van der Waals surface area (Å²) in [4.78, 5) is 21.1. The minimum atomic E-state index is 0.0912. The number of carbonyl (C=O) groups excluding carboxylic acids is 1. The maximum Gasteiger partial charge on any atom is 0.279 e. The van der Waals surface area contributed by atoms with Gasteiger partial charge in [-0.3, -0.25) is 9.69 Å². The molecule has 2 aliphatic rings. The zero-order chi connectivity index (χ0) is 19.8. The molecule has 2 saturated heterocycles. The van der Waals surface area contributed by atoms with E-state index < -0.39 is 0 Å². The number of rotatable bonds is 5. The molecular weight excluding hydrogens is 384 g/mol. The van der Waals surface area contributed by atoms with Gasteiger partial charge in [0.25, 0.3) is 5.19 Å². The van der Waals surface area contributed by atoms with Crippen molar-refractivity contribution in [1.29, 1.82) is 0 Å². The molecule has 3 aromatic rings. The lowest BCUT2D eigenvalue weighted by atomic mass is 10.1. The number of piperazine rings is 1. The monoisotopic (exact) mass is 408 g/mol. The van der Waals surface area contributed by atoms with Crippen molar-refractivity contribution in [3.8, 4) is 10.9 Å². The molecule has 1 aromatic heterocycles. The summed E-state index contributed by atoms with van der Waals surface area (Å²) in [6.07, 6.45) is 2.17. The van der Waals surface area contributed by atoms with Gasteiger partial charge < -0.3 is 15.4 Å². The van der Waals surface area contributed by atoms with Crippen molar-refractivity contribution in [2.24, 2.45) is 5.73 Å². The van der Waals surface area contributed by atoms with Gasteiger partial charge in [0.2, 0.25) is 5.91 Å². The number of ether oxygens (including phenoxy) is 1.